The molecule has 0 bridgehead atoms. The number of rotatable bonds is 6. The van der Waals surface area contributed by atoms with Crippen LogP contribution >= 0.6 is 0 Å². The van der Waals surface area contributed by atoms with Gasteiger partial charge in [0.05, 0.1) is 0 Å². The molecule has 1 aliphatic rings. The fourth-order valence-corrected chi connectivity index (χ4v) is 2.60. The van der Waals surface area contributed by atoms with Crippen molar-refractivity contribution < 1.29 is 0 Å². The van der Waals surface area contributed by atoms with E-state index in [0.29, 0.717) is 0 Å². The van der Waals surface area contributed by atoms with Crippen molar-refractivity contribution in [1.29, 1.82) is 0 Å². The number of hydrogen-bond donors (Lipinski definition) is 1. The van der Waals surface area contributed by atoms with Crippen LogP contribution in [0.25, 0.3) is 0 Å². The Morgan fingerprint density at radius 2 is 2.17 bits per heavy atom. The molecule has 1 N–H and O–H groups in total. The average Bonchev–Trinajstić information content (AvgIpc) is 2.70. The first-order chi connectivity index (χ1) is 8.66. The van der Waals surface area contributed by atoms with Crippen LogP contribution in [0.15, 0.2) is 18.2 Å². The molecule has 0 atom stereocenters. The summed E-state index contributed by atoms with van der Waals surface area (Å²) in [6.07, 6.45) is 3.81. The Balaban J connectivity index is 1.77. The van der Waals surface area contributed by atoms with Crippen molar-refractivity contribution in [3.05, 3.63) is 29.3 Å². The standard InChI is InChI=1S/C16H26N2/c1-13(2)5-4-9-17-12-14-6-7-16-15(11-14)8-10-18(16)3/h6-7,11,13,17H,4-5,8-10,12H2,1-3H3. The molecule has 2 rings (SSSR count). The van der Waals surface area contributed by atoms with Gasteiger partial charge in [0, 0.05) is 25.8 Å². The summed E-state index contributed by atoms with van der Waals surface area (Å²) >= 11 is 0. The van der Waals surface area contributed by atoms with Crippen molar-refractivity contribution in [3.8, 4) is 0 Å². The second kappa shape index (κ2) is 6.24. The van der Waals surface area contributed by atoms with Crippen LogP contribution < -0.4 is 10.2 Å². The number of benzene rings is 1. The van der Waals surface area contributed by atoms with E-state index in [1.165, 1.54) is 42.6 Å². The highest BCUT2D eigenvalue weighted by Crippen LogP contribution is 2.27. The Morgan fingerprint density at radius 1 is 1.33 bits per heavy atom. The minimum absolute atomic E-state index is 0.822. The van der Waals surface area contributed by atoms with Gasteiger partial charge in [0.25, 0.3) is 0 Å². The molecule has 100 valence electrons. The smallest absolute Gasteiger partial charge is 0.0397 e. The first-order valence-electron chi connectivity index (χ1n) is 7.20. The lowest BCUT2D eigenvalue weighted by molar-refractivity contribution is 0.527. The molecule has 0 aromatic heterocycles. The zero-order valence-corrected chi connectivity index (χ0v) is 12.0. The molecule has 0 amide bonds. The van der Waals surface area contributed by atoms with Gasteiger partial charge >= 0.3 is 0 Å². The molecule has 1 aromatic rings. The zero-order valence-electron chi connectivity index (χ0n) is 12.0. The number of hydrogen-bond acceptors (Lipinski definition) is 2. The number of nitrogens with one attached hydrogen (secondary N) is 1. The fraction of sp³-hybridized carbons (Fsp3) is 0.625. The van der Waals surface area contributed by atoms with Crippen molar-refractivity contribution in [1.82, 2.24) is 5.32 Å². The van der Waals surface area contributed by atoms with E-state index >= 15 is 0 Å². The van der Waals surface area contributed by atoms with Crippen molar-refractivity contribution in [2.75, 3.05) is 25.0 Å². The monoisotopic (exact) mass is 246 g/mol. The molecule has 2 heteroatoms. The molecule has 0 spiro atoms. The normalized spacial score (nSPS) is 14.3. The van der Waals surface area contributed by atoms with E-state index in [4.69, 9.17) is 0 Å². The van der Waals surface area contributed by atoms with E-state index in [1.807, 2.05) is 0 Å². The first-order valence-corrected chi connectivity index (χ1v) is 7.20. The molecule has 0 saturated heterocycles. The quantitative estimate of drug-likeness (QED) is 0.775. The maximum Gasteiger partial charge on any atom is 0.0397 e. The predicted molar refractivity (Wildman–Crippen MR) is 79.2 cm³/mol. The van der Waals surface area contributed by atoms with Crippen molar-refractivity contribution >= 4 is 5.69 Å². The Morgan fingerprint density at radius 3 is 2.94 bits per heavy atom. The lowest BCUT2D eigenvalue weighted by Gasteiger charge is -2.12. The van der Waals surface area contributed by atoms with Gasteiger partial charge in [0.15, 0.2) is 0 Å². The minimum Gasteiger partial charge on any atom is -0.374 e. The molecule has 0 saturated carbocycles. The second-order valence-electron chi connectivity index (χ2n) is 5.85. The molecule has 0 fully saturated rings. The van der Waals surface area contributed by atoms with E-state index in [9.17, 15) is 0 Å². The van der Waals surface area contributed by atoms with Gasteiger partial charge in [0.1, 0.15) is 0 Å². The molecular weight excluding hydrogens is 220 g/mol. The van der Waals surface area contributed by atoms with Crippen LogP contribution in [-0.4, -0.2) is 20.1 Å². The van der Waals surface area contributed by atoms with E-state index in [1.54, 1.807) is 0 Å². The van der Waals surface area contributed by atoms with Gasteiger partial charge in [-0.25, -0.2) is 0 Å². The number of fused-ring (bicyclic) bond motifs is 1. The van der Waals surface area contributed by atoms with Gasteiger partial charge in [-0.15, -0.1) is 0 Å². The highest BCUT2D eigenvalue weighted by molar-refractivity contribution is 5.58. The minimum atomic E-state index is 0.822. The Hall–Kier alpha value is -1.02. The summed E-state index contributed by atoms with van der Waals surface area (Å²) in [5.41, 5.74) is 4.35. The Labute approximate surface area is 111 Å². The lowest BCUT2D eigenvalue weighted by Crippen LogP contribution is -2.15. The maximum atomic E-state index is 3.55. The average molecular weight is 246 g/mol. The van der Waals surface area contributed by atoms with Gasteiger partial charge in [-0.05, 0) is 48.9 Å². The predicted octanol–water partition coefficient (Wildman–Crippen LogP) is 3.20. The molecule has 0 radical (unpaired) electrons. The van der Waals surface area contributed by atoms with Gasteiger partial charge in [-0.1, -0.05) is 26.0 Å². The van der Waals surface area contributed by atoms with Crippen LogP contribution in [0.2, 0.25) is 0 Å². The molecular formula is C16H26N2. The molecule has 0 unspecified atom stereocenters. The summed E-state index contributed by atoms with van der Waals surface area (Å²) < 4.78 is 0. The van der Waals surface area contributed by atoms with E-state index < -0.39 is 0 Å². The third-order valence-corrected chi connectivity index (χ3v) is 3.74. The van der Waals surface area contributed by atoms with Gasteiger partial charge in [-0.2, -0.15) is 0 Å². The summed E-state index contributed by atoms with van der Waals surface area (Å²) in [4.78, 5) is 2.34. The highest BCUT2D eigenvalue weighted by Gasteiger charge is 2.15. The SMILES string of the molecule is CC(C)CCCNCc1ccc2c(c1)CCN2C. The van der Waals surface area contributed by atoms with E-state index in [-0.39, 0.29) is 0 Å². The van der Waals surface area contributed by atoms with Crippen LogP contribution in [0.1, 0.15) is 37.8 Å². The lowest BCUT2D eigenvalue weighted by atomic mass is 10.1. The second-order valence-corrected chi connectivity index (χ2v) is 5.85. The van der Waals surface area contributed by atoms with Crippen LogP contribution in [-0.2, 0) is 13.0 Å². The van der Waals surface area contributed by atoms with Crippen LogP contribution in [0.5, 0.6) is 0 Å². The number of anilines is 1. The third-order valence-electron chi connectivity index (χ3n) is 3.74. The van der Waals surface area contributed by atoms with Crippen molar-refractivity contribution in [2.24, 2.45) is 5.92 Å². The molecule has 1 aliphatic heterocycles. The number of likely N-dealkylation sites (N-methyl/N-ethyl adjacent to an activating group) is 1. The topological polar surface area (TPSA) is 15.3 Å². The van der Waals surface area contributed by atoms with E-state index in [2.05, 4.69) is 49.3 Å². The molecule has 1 heterocycles. The van der Waals surface area contributed by atoms with Gasteiger partial charge in [0.2, 0.25) is 0 Å². The molecule has 1 aromatic carbocycles. The van der Waals surface area contributed by atoms with Crippen LogP contribution in [0.4, 0.5) is 5.69 Å². The largest absolute Gasteiger partial charge is 0.374 e. The maximum absolute atomic E-state index is 3.55. The summed E-state index contributed by atoms with van der Waals surface area (Å²) in [7, 11) is 2.18. The summed E-state index contributed by atoms with van der Waals surface area (Å²) in [5, 5.41) is 3.55. The van der Waals surface area contributed by atoms with E-state index in [0.717, 1.165) is 19.0 Å². The molecule has 18 heavy (non-hydrogen) atoms. The van der Waals surface area contributed by atoms with Crippen molar-refractivity contribution in [3.63, 3.8) is 0 Å². The van der Waals surface area contributed by atoms with Crippen molar-refractivity contribution in [2.45, 2.75) is 39.7 Å². The van der Waals surface area contributed by atoms with Crippen LogP contribution in [0, 0.1) is 5.92 Å². The summed E-state index contributed by atoms with van der Waals surface area (Å²) in [5.74, 6) is 0.822. The van der Waals surface area contributed by atoms with Gasteiger partial charge in [-0.3, -0.25) is 0 Å². The molecule has 2 nitrogen and oxygen atoms in total. The number of nitrogens with zero attached hydrogens (tertiary/aromatic N) is 1. The summed E-state index contributed by atoms with van der Waals surface area (Å²) in [6.45, 7) is 7.89. The Bertz CT molecular complexity index is 385. The fourth-order valence-electron chi connectivity index (χ4n) is 2.60. The highest BCUT2D eigenvalue weighted by atomic mass is 15.1. The van der Waals surface area contributed by atoms with Crippen LogP contribution in [0.3, 0.4) is 0 Å². The molecule has 0 aliphatic carbocycles. The first kappa shape index (κ1) is 13.4. The van der Waals surface area contributed by atoms with Gasteiger partial charge < -0.3 is 10.2 Å². The Kier molecular flexibility index (Phi) is 4.65. The zero-order chi connectivity index (χ0) is 13.0. The summed E-state index contributed by atoms with van der Waals surface area (Å²) in [6, 6.07) is 6.90. The third kappa shape index (κ3) is 3.49.